The van der Waals surface area contributed by atoms with Gasteiger partial charge in [0.2, 0.25) is 0 Å². The minimum Gasteiger partial charge on any atom is -0.135 e. The van der Waals surface area contributed by atoms with Crippen molar-refractivity contribution in [3.05, 3.63) is 72.8 Å². The maximum atomic E-state index is 2.43. The summed E-state index contributed by atoms with van der Waals surface area (Å²) >= 11 is 7.74. The average molecular weight is 453 g/mol. The fraction of sp³-hybridized carbons (Fsp3) is 0. The molecule has 0 aliphatic rings. The van der Waals surface area contributed by atoms with Crippen molar-refractivity contribution in [3.8, 4) is 0 Å². The topological polar surface area (TPSA) is 0 Å². The number of hydrogen-bond acceptors (Lipinski definition) is 4. The van der Waals surface area contributed by atoms with E-state index in [-0.39, 0.29) is 0 Å². The van der Waals surface area contributed by atoms with Crippen molar-refractivity contribution in [3.63, 3.8) is 0 Å². The summed E-state index contributed by atoms with van der Waals surface area (Å²) in [7, 11) is 0. The van der Waals surface area contributed by atoms with E-state index in [0.29, 0.717) is 0 Å². The highest BCUT2D eigenvalue weighted by atomic mass is 32.1. The Hall–Kier alpha value is -2.50. The zero-order valence-corrected chi connectivity index (χ0v) is 18.8. The molecule has 0 nitrogen and oxygen atoms in total. The molecule has 0 amide bonds. The third-order valence-electron chi connectivity index (χ3n) is 6.08. The highest BCUT2D eigenvalue weighted by Gasteiger charge is 2.16. The van der Waals surface area contributed by atoms with Gasteiger partial charge in [-0.15, -0.1) is 45.3 Å². The molecule has 0 N–H and O–H groups in total. The molecule has 0 aliphatic heterocycles. The molecule has 0 spiro atoms. The van der Waals surface area contributed by atoms with Crippen molar-refractivity contribution in [1.29, 1.82) is 0 Å². The van der Waals surface area contributed by atoms with Crippen molar-refractivity contribution in [2.45, 2.75) is 0 Å². The highest BCUT2D eigenvalue weighted by Crippen LogP contribution is 2.49. The normalized spacial score (nSPS) is 12.7. The Morgan fingerprint density at radius 2 is 0.733 bits per heavy atom. The van der Waals surface area contributed by atoms with E-state index < -0.39 is 0 Å². The summed E-state index contributed by atoms with van der Waals surface area (Å²) in [5, 5.41) is 8.40. The first-order valence-electron chi connectivity index (χ1n) is 9.85. The van der Waals surface area contributed by atoms with Crippen LogP contribution < -0.4 is 0 Å². The highest BCUT2D eigenvalue weighted by molar-refractivity contribution is 7.37. The van der Waals surface area contributed by atoms with Crippen molar-refractivity contribution >= 4 is 115 Å². The smallest absolute Gasteiger partial charge is 0.0542 e. The number of rotatable bonds is 0. The van der Waals surface area contributed by atoms with Gasteiger partial charge in [0.25, 0.3) is 0 Å². The largest absolute Gasteiger partial charge is 0.135 e. The van der Waals surface area contributed by atoms with Crippen LogP contribution in [0.4, 0.5) is 0 Å². The lowest BCUT2D eigenvalue weighted by Gasteiger charge is -1.94. The molecule has 0 bridgehead atoms. The Morgan fingerprint density at radius 1 is 0.333 bits per heavy atom. The van der Waals surface area contributed by atoms with Gasteiger partial charge in [-0.25, -0.2) is 0 Å². The van der Waals surface area contributed by atoms with E-state index in [0.717, 1.165) is 0 Å². The molecule has 8 rings (SSSR count). The second-order valence-electron chi connectivity index (χ2n) is 7.75. The van der Waals surface area contributed by atoms with Crippen molar-refractivity contribution < 1.29 is 0 Å². The fourth-order valence-corrected chi connectivity index (χ4v) is 9.63. The van der Waals surface area contributed by atoms with Crippen LogP contribution in [0.1, 0.15) is 0 Å². The van der Waals surface area contributed by atoms with Gasteiger partial charge in [0.05, 0.1) is 9.40 Å². The number of benzene rings is 4. The van der Waals surface area contributed by atoms with Gasteiger partial charge in [-0.3, -0.25) is 0 Å². The molecule has 30 heavy (non-hydrogen) atoms. The van der Waals surface area contributed by atoms with Crippen LogP contribution in [0.2, 0.25) is 0 Å². The SMILES string of the molecule is c1ccc2c(c1)sc1cc3c(cc12)sc1c2cc4sc5ccccc5c4cc2sc31. The molecule has 4 aromatic carbocycles. The van der Waals surface area contributed by atoms with E-state index in [2.05, 4.69) is 72.8 Å². The minimum atomic E-state index is 1.38. The average Bonchev–Trinajstić information content (AvgIpc) is 3.49. The number of thiophene rings is 4. The molecule has 0 radical (unpaired) electrons. The Kier molecular flexibility index (Phi) is 3.03. The van der Waals surface area contributed by atoms with E-state index in [1.165, 1.54) is 69.9 Å². The maximum absolute atomic E-state index is 2.43. The van der Waals surface area contributed by atoms with Crippen molar-refractivity contribution in [2.24, 2.45) is 0 Å². The van der Waals surface area contributed by atoms with Crippen LogP contribution in [0, 0.1) is 0 Å². The maximum Gasteiger partial charge on any atom is 0.0542 e. The Morgan fingerprint density at radius 3 is 1.23 bits per heavy atom. The standard InChI is InChI=1S/C26H12S4/c1-3-7-19-13(5-1)15-9-23-17(11-21(15)27-19)25-26(29-23)18-12-22-16(10-24(18)30-25)14-6-2-4-8-20(14)28-22/h1-12H. The molecular weight excluding hydrogens is 441 g/mol. The molecular formula is C26H12S4. The molecule has 8 aromatic rings. The summed E-state index contributed by atoms with van der Waals surface area (Å²) < 4.78 is 11.3. The number of hydrogen-bond donors (Lipinski definition) is 0. The summed E-state index contributed by atoms with van der Waals surface area (Å²) in [6, 6.07) is 27.3. The van der Waals surface area contributed by atoms with E-state index >= 15 is 0 Å². The van der Waals surface area contributed by atoms with Crippen LogP contribution in [0.15, 0.2) is 72.8 Å². The molecule has 0 unspecified atom stereocenters. The second kappa shape index (κ2) is 5.59. The molecule has 0 atom stereocenters. The molecule has 140 valence electrons. The lowest BCUT2D eigenvalue weighted by atomic mass is 10.1. The van der Waals surface area contributed by atoms with Gasteiger partial charge in [-0.2, -0.15) is 0 Å². The van der Waals surface area contributed by atoms with Crippen molar-refractivity contribution in [1.82, 2.24) is 0 Å². The van der Waals surface area contributed by atoms with Gasteiger partial charge in [0.15, 0.2) is 0 Å². The molecule has 4 heterocycles. The lowest BCUT2D eigenvalue weighted by molar-refractivity contribution is 1.87. The van der Waals surface area contributed by atoms with Crippen LogP contribution in [0.3, 0.4) is 0 Å². The van der Waals surface area contributed by atoms with E-state index in [4.69, 9.17) is 0 Å². The molecule has 4 aromatic heterocycles. The first kappa shape index (κ1) is 16.2. The molecule has 0 saturated heterocycles. The third kappa shape index (κ3) is 2.00. The lowest BCUT2D eigenvalue weighted by Crippen LogP contribution is -1.67. The van der Waals surface area contributed by atoms with Gasteiger partial charge >= 0.3 is 0 Å². The van der Waals surface area contributed by atoms with Crippen LogP contribution in [-0.4, -0.2) is 0 Å². The van der Waals surface area contributed by atoms with Gasteiger partial charge in [-0.1, -0.05) is 36.4 Å². The Bertz CT molecular complexity index is 1810. The summed E-state index contributed by atoms with van der Waals surface area (Å²) in [5.41, 5.74) is 0. The fourth-order valence-electron chi connectivity index (χ4n) is 4.69. The Balaban J connectivity index is 1.51. The first-order valence-corrected chi connectivity index (χ1v) is 13.1. The van der Waals surface area contributed by atoms with Crippen LogP contribution in [0.5, 0.6) is 0 Å². The van der Waals surface area contributed by atoms with Crippen molar-refractivity contribution in [2.75, 3.05) is 0 Å². The number of fused-ring (bicyclic) bond motifs is 11. The van der Waals surface area contributed by atoms with Gasteiger partial charge < -0.3 is 0 Å². The monoisotopic (exact) mass is 452 g/mol. The molecule has 0 fully saturated rings. The molecule has 4 heteroatoms. The third-order valence-corrected chi connectivity index (χ3v) is 10.8. The first-order chi connectivity index (χ1) is 14.8. The zero-order chi connectivity index (χ0) is 19.4. The van der Waals surface area contributed by atoms with E-state index in [9.17, 15) is 0 Å². The summed E-state index contributed by atoms with van der Waals surface area (Å²) in [6.07, 6.45) is 0. The quantitative estimate of drug-likeness (QED) is 0.215. The van der Waals surface area contributed by atoms with Crippen LogP contribution >= 0.6 is 45.3 Å². The zero-order valence-electron chi connectivity index (χ0n) is 15.6. The predicted octanol–water partition coefficient (Wildman–Crippen LogP) is 10.0. The van der Waals surface area contributed by atoms with Gasteiger partial charge in [0, 0.05) is 60.5 Å². The van der Waals surface area contributed by atoms with E-state index in [1.54, 1.807) is 0 Å². The second-order valence-corrected chi connectivity index (χ2v) is 12.0. The van der Waals surface area contributed by atoms with Crippen LogP contribution in [-0.2, 0) is 0 Å². The van der Waals surface area contributed by atoms with E-state index in [1.807, 2.05) is 45.3 Å². The van der Waals surface area contributed by atoms with Gasteiger partial charge in [0.1, 0.15) is 0 Å². The summed E-state index contributed by atoms with van der Waals surface area (Å²) in [5.74, 6) is 0. The van der Waals surface area contributed by atoms with Crippen LogP contribution in [0.25, 0.3) is 69.9 Å². The molecule has 0 aliphatic carbocycles. The summed E-state index contributed by atoms with van der Waals surface area (Å²) in [4.78, 5) is 0. The summed E-state index contributed by atoms with van der Waals surface area (Å²) in [6.45, 7) is 0. The molecule has 0 saturated carbocycles. The predicted molar refractivity (Wildman–Crippen MR) is 140 cm³/mol. The van der Waals surface area contributed by atoms with Gasteiger partial charge in [-0.05, 0) is 36.4 Å². The minimum absolute atomic E-state index is 1.38. The Labute approximate surface area is 187 Å².